The van der Waals surface area contributed by atoms with E-state index in [1.165, 1.54) is 6.07 Å². The normalized spacial score (nSPS) is 17.3. The Balaban J connectivity index is 1.56. The third-order valence-corrected chi connectivity index (χ3v) is 7.46. The average molecular weight is 494 g/mol. The molecule has 1 aliphatic heterocycles. The van der Waals surface area contributed by atoms with E-state index < -0.39 is 15.9 Å². The molecule has 0 bridgehead atoms. The highest BCUT2D eigenvalue weighted by Gasteiger charge is 2.39. The first kappa shape index (κ1) is 24.7. The van der Waals surface area contributed by atoms with Crippen LogP contribution >= 0.6 is 0 Å². The fourth-order valence-electron chi connectivity index (χ4n) is 4.68. The SMILES string of the molecule is CC1CN(c2ncccc2C(=O)NS(=O)(=O)c2cccc(N(C)Cc3ccccc3)n2)C(C)(C)C1. The van der Waals surface area contributed by atoms with Crippen LogP contribution in [-0.4, -0.2) is 43.4 Å². The van der Waals surface area contributed by atoms with Crippen molar-refractivity contribution < 1.29 is 13.2 Å². The molecule has 1 aliphatic rings. The van der Waals surface area contributed by atoms with E-state index >= 15 is 0 Å². The van der Waals surface area contributed by atoms with Crippen LogP contribution in [-0.2, 0) is 16.6 Å². The number of sulfonamides is 1. The Hall–Kier alpha value is -3.46. The summed E-state index contributed by atoms with van der Waals surface area (Å²) in [5, 5.41) is -0.219. The molecule has 1 aromatic carbocycles. The summed E-state index contributed by atoms with van der Waals surface area (Å²) in [7, 11) is -2.36. The molecule has 1 N–H and O–H groups in total. The second kappa shape index (κ2) is 9.65. The molecule has 8 nitrogen and oxygen atoms in total. The van der Waals surface area contributed by atoms with Crippen molar-refractivity contribution in [3.05, 3.63) is 78.0 Å². The van der Waals surface area contributed by atoms with E-state index in [0.29, 0.717) is 24.1 Å². The summed E-state index contributed by atoms with van der Waals surface area (Å²) in [5.74, 6) is 0.678. The summed E-state index contributed by atoms with van der Waals surface area (Å²) in [4.78, 5) is 25.9. The van der Waals surface area contributed by atoms with Gasteiger partial charge in [-0.3, -0.25) is 4.79 Å². The molecule has 1 fully saturated rings. The van der Waals surface area contributed by atoms with E-state index in [0.717, 1.165) is 18.5 Å². The van der Waals surface area contributed by atoms with E-state index in [9.17, 15) is 13.2 Å². The van der Waals surface area contributed by atoms with Crippen LogP contribution in [0.3, 0.4) is 0 Å². The Bertz CT molecular complexity index is 1310. The first-order valence-electron chi connectivity index (χ1n) is 11.6. The van der Waals surface area contributed by atoms with Gasteiger partial charge in [0, 0.05) is 31.9 Å². The van der Waals surface area contributed by atoms with Gasteiger partial charge in [-0.2, -0.15) is 8.42 Å². The van der Waals surface area contributed by atoms with Crippen LogP contribution in [0, 0.1) is 5.92 Å². The van der Waals surface area contributed by atoms with Crippen LogP contribution in [0.4, 0.5) is 11.6 Å². The van der Waals surface area contributed by atoms with Crippen LogP contribution in [0.2, 0.25) is 0 Å². The van der Waals surface area contributed by atoms with Crippen LogP contribution in [0.15, 0.2) is 71.9 Å². The van der Waals surface area contributed by atoms with Gasteiger partial charge >= 0.3 is 0 Å². The lowest BCUT2D eigenvalue weighted by Crippen LogP contribution is -2.41. The van der Waals surface area contributed by atoms with Crippen molar-refractivity contribution in [2.75, 3.05) is 23.4 Å². The maximum absolute atomic E-state index is 13.2. The summed E-state index contributed by atoms with van der Waals surface area (Å²) in [5.41, 5.74) is 1.10. The van der Waals surface area contributed by atoms with Crippen LogP contribution in [0.1, 0.15) is 43.1 Å². The third-order valence-electron chi connectivity index (χ3n) is 6.22. The number of nitrogens with one attached hydrogen (secondary N) is 1. The van der Waals surface area contributed by atoms with Gasteiger partial charge in [0.1, 0.15) is 11.6 Å². The molecule has 4 rings (SSSR count). The number of nitrogens with zero attached hydrogens (tertiary/aromatic N) is 4. The second-order valence-electron chi connectivity index (χ2n) is 9.72. The van der Waals surface area contributed by atoms with E-state index in [1.54, 1.807) is 30.5 Å². The zero-order valence-electron chi connectivity index (χ0n) is 20.5. The topological polar surface area (TPSA) is 95.5 Å². The van der Waals surface area contributed by atoms with Crippen molar-refractivity contribution in [3.8, 4) is 0 Å². The van der Waals surface area contributed by atoms with Gasteiger partial charge in [0.15, 0.2) is 5.03 Å². The molecule has 1 saturated heterocycles. The smallest absolute Gasteiger partial charge is 0.281 e. The van der Waals surface area contributed by atoms with Crippen molar-refractivity contribution in [1.29, 1.82) is 0 Å². The maximum Gasteiger partial charge on any atom is 0.281 e. The lowest BCUT2D eigenvalue weighted by Gasteiger charge is -2.33. The molecule has 0 spiro atoms. The van der Waals surface area contributed by atoms with E-state index in [1.807, 2.05) is 42.3 Å². The van der Waals surface area contributed by atoms with Crippen molar-refractivity contribution in [2.24, 2.45) is 5.92 Å². The molecule has 3 aromatic rings. The van der Waals surface area contributed by atoms with Crippen molar-refractivity contribution in [2.45, 2.75) is 44.3 Å². The summed E-state index contributed by atoms with van der Waals surface area (Å²) in [6.07, 6.45) is 2.57. The Morgan fingerprint density at radius 1 is 1.11 bits per heavy atom. The molecule has 9 heteroatoms. The van der Waals surface area contributed by atoms with Gasteiger partial charge in [-0.15, -0.1) is 0 Å². The van der Waals surface area contributed by atoms with Gasteiger partial charge < -0.3 is 9.80 Å². The van der Waals surface area contributed by atoms with Gasteiger partial charge in [0.25, 0.3) is 15.9 Å². The molecule has 1 unspecified atom stereocenters. The van der Waals surface area contributed by atoms with Crippen molar-refractivity contribution in [1.82, 2.24) is 14.7 Å². The summed E-state index contributed by atoms with van der Waals surface area (Å²) < 4.78 is 28.4. The lowest BCUT2D eigenvalue weighted by atomic mass is 9.97. The van der Waals surface area contributed by atoms with Gasteiger partial charge in [0.05, 0.1) is 5.56 Å². The van der Waals surface area contributed by atoms with E-state index in [4.69, 9.17) is 0 Å². The predicted molar refractivity (Wildman–Crippen MR) is 137 cm³/mol. The first-order valence-corrected chi connectivity index (χ1v) is 13.1. The Kier molecular flexibility index (Phi) is 6.80. The number of anilines is 2. The fraction of sp³-hybridized carbons (Fsp3) is 0.346. The number of pyridine rings is 2. The number of amides is 1. The lowest BCUT2D eigenvalue weighted by molar-refractivity contribution is 0.0981. The first-order chi connectivity index (χ1) is 16.6. The van der Waals surface area contributed by atoms with Crippen LogP contribution in [0.5, 0.6) is 0 Å². The Labute approximate surface area is 207 Å². The van der Waals surface area contributed by atoms with Gasteiger partial charge in [0.2, 0.25) is 0 Å². The zero-order chi connectivity index (χ0) is 25.2. The molecule has 0 aliphatic carbocycles. The van der Waals surface area contributed by atoms with Gasteiger partial charge in [-0.1, -0.05) is 43.3 Å². The minimum Gasteiger partial charge on any atom is -0.355 e. The highest BCUT2D eigenvalue weighted by atomic mass is 32.2. The highest BCUT2D eigenvalue weighted by molar-refractivity contribution is 7.90. The number of carbonyl (C=O) groups excluding carboxylic acids is 1. The minimum atomic E-state index is -4.20. The number of rotatable bonds is 7. The number of carbonyl (C=O) groups is 1. The fourth-order valence-corrected chi connectivity index (χ4v) is 5.61. The third kappa shape index (κ3) is 5.45. The van der Waals surface area contributed by atoms with Gasteiger partial charge in [-0.25, -0.2) is 14.7 Å². The summed E-state index contributed by atoms with van der Waals surface area (Å²) >= 11 is 0. The highest BCUT2D eigenvalue weighted by Crippen LogP contribution is 2.37. The maximum atomic E-state index is 13.2. The monoisotopic (exact) mass is 493 g/mol. The molecule has 35 heavy (non-hydrogen) atoms. The molecular weight excluding hydrogens is 462 g/mol. The molecular formula is C26H31N5O3S. The Morgan fingerprint density at radius 2 is 1.86 bits per heavy atom. The average Bonchev–Trinajstić information content (AvgIpc) is 3.11. The molecule has 0 radical (unpaired) electrons. The summed E-state index contributed by atoms with van der Waals surface area (Å²) in [6.45, 7) is 7.67. The van der Waals surface area contributed by atoms with Crippen molar-refractivity contribution in [3.63, 3.8) is 0 Å². The molecule has 0 saturated carbocycles. The van der Waals surface area contributed by atoms with E-state index in [2.05, 4.69) is 40.4 Å². The van der Waals surface area contributed by atoms with Crippen molar-refractivity contribution >= 4 is 27.6 Å². The standard InChI is InChI=1S/C26H31N5O3S/c1-19-16-26(2,3)31(17-19)24-21(12-9-15-27-24)25(32)29-35(33,34)23-14-8-13-22(28-23)30(4)18-20-10-6-5-7-11-20/h5-15,19H,16-18H2,1-4H3,(H,29,32). The number of aromatic nitrogens is 2. The molecule has 1 atom stereocenters. The molecule has 184 valence electrons. The van der Waals surface area contributed by atoms with E-state index in [-0.39, 0.29) is 16.1 Å². The minimum absolute atomic E-state index is 0.194. The second-order valence-corrected chi connectivity index (χ2v) is 11.3. The predicted octanol–water partition coefficient (Wildman–Crippen LogP) is 3.86. The molecule has 2 aromatic heterocycles. The molecule has 1 amide bonds. The number of hydrogen-bond donors (Lipinski definition) is 1. The van der Waals surface area contributed by atoms with Crippen LogP contribution in [0.25, 0.3) is 0 Å². The number of benzene rings is 1. The largest absolute Gasteiger partial charge is 0.355 e. The van der Waals surface area contributed by atoms with Gasteiger partial charge in [-0.05, 0) is 56.0 Å². The Morgan fingerprint density at radius 3 is 2.54 bits per heavy atom. The summed E-state index contributed by atoms with van der Waals surface area (Å²) in [6, 6.07) is 17.8. The molecule has 3 heterocycles. The van der Waals surface area contributed by atoms with Crippen LogP contribution < -0.4 is 14.5 Å². The zero-order valence-corrected chi connectivity index (χ0v) is 21.3. The quantitative estimate of drug-likeness (QED) is 0.534. The number of hydrogen-bond acceptors (Lipinski definition) is 7.